The highest BCUT2D eigenvalue weighted by Gasteiger charge is 2.16. The lowest BCUT2D eigenvalue weighted by Gasteiger charge is -2.05. The Morgan fingerprint density at radius 2 is 2.31 bits per heavy atom. The first-order chi connectivity index (χ1) is 7.72. The number of nitrogens with one attached hydrogen (secondary N) is 1. The molecular weight excluding hydrogens is 210 g/mol. The van der Waals surface area contributed by atoms with E-state index in [9.17, 15) is 10.1 Å². The van der Waals surface area contributed by atoms with Crippen LogP contribution in [0.4, 0.5) is 11.5 Å². The number of imidazole rings is 1. The molecule has 1 N–H and O–H groups in total. The lowest BCUT2D eigenvalue weighted by atomic mass is 10.3. The van der Waals surface area contributed by atoms with Crippen LogP contribution in [0.3, 0.4) is 0 Å². The van der Waals surface area contributed by atoms with Crippen LogP contribution in [0.5, 0.6) is 0 Å². The van der Waals surface area contributed by atoms with Crippen LogP contribution in [0.15, 0.2) is 30.9 Å². The molecule has 2 rings (SSSR count). The molecule has 2 heterocycles. The lowest BCUT2D eigenvalue weighted by Crippen LogP contribution is -2.03. The van der Waals surface area contributed by atoms with Gasteiger partial charge in [0.05, 0.1) is 4.92 Å². The molecule has 0 aliphatic heterocycles. The largest absolute Gasteiger partial charge is 0.373 e. The maximum absolute atomic E-state index is 10.8. The maximum atomic E-state index is 10.8. The molecular formula is C9H9N5O2. The second kappa shape index (κ2) is 3.97. The van der Waals surface area contributed by atoms with Crippen LogP contribution in [0.2, 0.25) is 0 Å². The van der Waals surface area contributed by atoms with Gasteiger partial charge in [-0.25, -0.2) is 9.97 Å². The summed E-state index contributed by atoms with van der Waals surface area (Å²) in [5.74, 6) is 0.809. The fourth-order valence-corrected chi connectivity index (χ4v) is 1.30. The SMILES string of the molecule is CNc1ccc([N+](=O)[O-])c(-n2ccnc2)n1. The molecule has 0 saturated carbocycles. The Hall–Kier alpha value is -2.44. The fraction of sp³-hybridized carbons (Fsp3) is 0.111. The molecule has 0 aliphatic rings. The van der Waals surface area contributed by atoms with Crippen LogP contribution in [0, 0.1) is 10.1 Å². The highest BCUT2D eigenvalue weighted by atomic mass is 16.6. The van der Waals surface area contributed by atoms with Gasteiger partial charge in [-0.3, -0.25) is 14.7 Å². The Morgan fingerprint density at radius 3 is 2.88 bits per heavy atom. The highest BCUT2D eigenvalue weighted by Crippen LogP contribution is 2.22. The number of nitrogens with zero attached hydrogens (tertiary/aromatic N) is 4. The third-order valence-corrected chi connectivity index (χ3v) is 2.06. The van der Waals surface area contributed by atoms with Crippen LogP contribution in [0.25, 0.3) is 5.82 Å². The number of pyridine rings is 1. The molecule has 7 nitrogen and oxygen atoms in total. The number of rotatable bonds is 3. The van der Waals surface area contributed by atoms with E-state index in [0.717, 1.165) is 0 Å². The van der Waals surface area contributed by atoms with E-state index in [4.69, 9.17) is 0 Å². The molecule has 0 amide bonds. The molecule has 0 radical (unpaired) electrons. The quantitative estimate of drug-likeness (QED) is 0.619. The zero-order valence-corrected chi connectivity index (χ0v) is 8.49. The van der Waals surface area contributed by atoms with Crippen molar-refractivity contribution >= 4 is 11.5 Å². The van der Waals surface area contributed by atoms with E-state index in [1.165, 1.54) is 23.2 Å². The van der Waals surface area contributed by atoms with Crippen molar-refractivity contribution in [3.05, 3.63) is 41.0 Å². The lowest BCUT2D eigenvalue weighted by molar-refractivity contribution is -0.384. The molecule has 2 aromatic rings. The van der Waals surface area contributed by atoms with Crippen LogP contribution >= 0.6 is 0 Å². The molecule has 0 aliphatic carbocycles. The van der Waals surface area contributed by atoms with E-state index in [1.807, 2.05) is 0 Å². The van der Waals surface area contributed by atoms with Gasteiger partial charge in [0.15, 0.2) is 0 Å². The zero-order valence-electron chi connectivity index (χ0n) is 8.49. The zero-order chi connectivity index (χ0) is 11.5. The third kappa shape index (κ3) is 1.70. The van der Waals surface area contributed by atoms with Gasteiger partial charge in [0.25, 0.3) is 0 Å². The van der Waals surface area contributed by atoms with Crippen LogP contribution < -0.4 is 5.32 Å². The predicted octanol–water partition coefficient (Wildman–Crippen LogP) is 1.22. The van der Waals surface area contributed by atoms with Crippen molar-refractivity contribution in [1.82, 2.24) is 14.5 Å². The van der Waals surface area contributed by atoms with Crippen LogP contribution in [0.1, 0.15) is 0 Å². The van der Waals surface area contributed by atoms with Gasteiger partial charge in [-0.05, 0) is 6.07 Å². The highest BCUT2D eigenvalue weighted by molar-refractivity contribution is 5.52. The number of aromatic nitrogens is 3. The summed E-state index contributed by atoms with van der Waals surface area (Å²) in [7, 11) is 1.70. The first kappa shape index (κ1) is 10.1. The topological polar surface area (TPSA) is 85.9 Å². The van der Waals surface area contributed by atoms with Gasteiger partial charge in [-0.2, -0.15) is 0 Å². The van der Waals surface area contributed by atoms with Gasteiger partial charge < -0.3 is 5.32 Å². The Kier molecular flexibility index (Phi) is 2.50. The summed E-state index contributed by atoms with van der Waals surface area (Å²) in [6, 6.07) is 2.97. The third-order valence-electron chi connectivity index (χ3n) is 2.06. The first-order valence-corrected chi connectivity index (χ1v) is 4.54. The Morgan fingerprint density at radius 1 is 1.50 bits per heavy atom. The monoisotopic (exact) mass is 219 g/mol. The molecule has 2 aromatic heterocycles. The second-order valence-electron chi connectivity index (χ2n) is 3.02. The molecule has 0 atom stereocenters. The molecule has 0 bridgehead atoms. The van der Waals surface area contributed by atoms with Crippen LogP contribution in [-0.2, 0) is 0 Å². The fourth-order valence-electron chi connectivity index (χ4n) is 1.30. The smallest absolute Gasteiger partial charge is 0.312 e. The molecule has 0 spiro atoms. The van der Waals surface area contributed by atoms with Gasteiger partial charge in [0.2, 0.25) is 5.82 Å². The summed E-state index contributed by atoms with van der Waals surface area (Å²) in [6.07, 6.45) is 4.61. The molecule has 82 valence electrons. The van der Waals surface area contributed by atoms with Gasteiger partial charge in [0, 0.05) is 25.5 Å². The van der Waals surface area contributed by atoms with Crippen molar-refractivity contribution in [2.75, 3.05) is 12.4 Å². The van der Waals surface area contributed by atoms with Crippen LogP contribution in [-0.4, -0.2) is 26.5 Å². The van der Waals surface area contributed by atoms with Crippen molar-refractivity contribution in [1.29, 1.82) is 0 Å². The van der Waals surface area contributed by atoms with E-state index < -0.39 is 4.92 Å². The molecule has 7 heteroatoms. The maximum Gasteiger partial charge on any atom is 0.312 e. The minimum Gasteiger partial charge on any atom is -0.373 e. The Balaban J connectivity index is 2.59. The van der Waals surface area contributed by atoms with Crippen molar-refractivity contribution in [3.8, 4) is 5.82 Å². The Labute approximate surface area is 90.9 Å². The van der Waals surface area contributed by atoms with Crippen molar-refractivity contribution < 1.29 is 4.92 Å². The van der Waals surface area contributed by atoms with E-state index in [0.29, 0.717) is 5.82 Å². The number of hydrogen-bond acceptors (Lipinski definition) is 5. The van der Waals surface area contributed by atoms with E-state index in [-0.39, 0.29) is 11.5 Å². The second-order valence-corrected chi connectivity index (χ2v) is 3.02. The minimum absolute atomic E-state index is 0.0583. The predicted molar refractivity (Wildman–Crippen MR) is 57.6 cm³/mol. The van der Waals surface area contributed by atoms with E-state index in [2.05, 4.69) is 15.3 Å². The molecule has 0 unspecified atom stereocenters. The first-order valence-electron chi connectivity index (χ1n) is 4.54. The van der Waals surface area contributed by atoms with Gasteiger partial charge in [-0.15, -0.1) is 0 Å². The average molecular weight is 219 g/mol. The molecule has 0 saturated heterocycles. The molecule has 16 heavy (non-hydrogen) atoms. The van der Waals surface area contributed by atoms with Crippen molar-refractivity contribution in [3.63, 3.8) is 0 Å². The molecule has 0 fully saturated rings. The summed E-state index contributed by atoms with van der Waals surface area (Å²) >= 11 is 0. The van der Waals surface area contributed by atoms with Gasteiger partial charge >= 0.3 is 5.69 Å². The summed E-state index contributed by atoms with van der Waals surface area (Å²) in [5, 5.41) is 13.7. The van der Waals surface area contributed by atoms with E-state index in [1.54, 1.807) is 19.3 Å². The standard InChI is InChI=1S/C9H9N5O2/c1-10-8-3-2-7(14(15)16)9(12-8)13-5-4-11-6-13/h2-6H,1H3,(H,10,12). The van der Waals surface area contributed by atoms with Gasteiger partial charge in [0.1, 0.15) is 12.1 Å². The summed E-state index contributed by atoms with van der Waals surface area (Å²) < 4.78 is 1.50. The van der Waals surface area contributed by atoms with E-state index >= 15 is 0 Å². The normalized spacial score (nSPS) is 10.1. The average Bonchev–Trinajstić information content (AvgIpc) is 2.81. The minimum atomic E-state index is -0.470. The summed E-state index contributed by atoms with van der Waals surface area (Å²) in [4.78, 5) is 18.3. The van der Waals surface area contributed by atoms with Crippen molar-refractivity contribution in [2.24, 2.45) is 0 Å². The molecule has 0 aromatic carbocycles. The number of nitro groups is 1. The number of anilines is 1. The van der Waals surface area contributed by atoms with Crippen molar-refractivity contribution in [2.45, 2.75) is 0 Å². The Bertz CT molecular complexity index is 509. The summed E-state index contributed by atoms with van der Waals surface area (Å²) in [6.45, 7) is 0. The number of hydrogen-bond donors (Lipinski definition) is 1. The summed E-state index contributed by atoms with van der Waals surface area (Å²) in [5.41, 5.74) is -0.0583. The van der Waals surface area contributed by atoms with Gasteiger partial charge in [-0.1, -0.05) is 0 Å².